The van der Waals surface area contributed by atoms with Gasteiger partial charge in [-0.15, -0.1) is 0 Å². The van der Waals surface area contributed by atoms with Gasteiger partial charge in [0, 0.05) is 63.4 Å². The lowest BCUT2D eigenvalue weighted by Crippen LogP contribution is -2.41. The first-order chi connectivity index (χ1) is 13.1. The van der Waals surface area contributed by atoms with E-state index in [0.29, 0.717) is 6.04 Å². The summed E-state index contributed by atoms with van der Waals surface area (Å²) in [5.74, 6) is 1.83. The highest BCUT2D eigenvalue weighted by Crippen LogP contribution is 2.24. The third-order valence-electron chi connectivity index (χ3n) is 5.34. The van der Waals surface area contributed by atoms with Crippen molar-refractivity contribution in [2.45, 2.75) is 25.4 Å². The molecule has 6 heteroatoms. The molecule has 1 aromatic carbocycles. The first kappa shape index (κ1) is 17.8. The zero-order valence-corrected chi connectivity index (χ0v) is 16.4. The van der Waals surface area contributed by atoms with Crippen LogP contribution in [0.4, 0.5) is 11.6 Å². The highest BCUT2D eigenvalue weighted by Gasteiger charge is 2.21. The number of anilines is 2. The molecule has 1 aliphatic rings. The number of rotatable bonds is 5. The summed E-state index contributed by atoms with van der Waals surface area (Å²) in [4.78, 5) is 13.2. The van der Waals surface area contributed by atoms with Crippen LogP contribution in [0.1, 0.15) is 18.4 Å². The second-order valence-electron chi connectivity index (χ2n) is 7.66. The summed E-state index contributed by atoms with van der Waals surface area (Å²) in [6.07, 6.45) is 6.28. The summed E-state index contributed by atoms with van der Waals surface area (Å²) in [5.41, 5.74) is 2.71. The standard InChI is InChI=1S/C21H28N6/c1-25(2)21-11-20(22-15-23-21)24-17-7-6-10-27(14-17)13-16-12-26(3)19-9-5-4-8-18(16)19/h4-5,8-9,11-12,15,17H,6-7,10,13-14H2,1-3H3,(H,22,23,24). The van der Waals surface area contributed by atoms with Crippen molar-refractivity contribution in [2.75, 3.05) is 37.4 Å². The maximum absolute atomic E-state index is 4.40. The molecule has 3 heterocycles. The van der Waals surface area contributed by atoms with E-state index < -0.39 is 0 Å². The first-order valence-electron chi connectivity index (χ1n) is 9.61. The minimum Gasteiger partial charge on any atom is -0.366 e. The van der Waals surface area contributed by atoms with Gasteiger partial charge in [-0.1, -0.05) is 18.2 Å². The maximum Gasteiger partial charge on any atom is 0.133 e. The average molecular weight is 364 g/mol. The Kier molecular flexibility index (Phi) is 4.99. The van der Waals surface area contributed by atoms with Crippen LogP contribution < -0.4 is 10.2 Å². The van der Waals surface area contributed by atoms with E-state index in [1.807, 2.05) is 25.1 Å². The van der Waals surface area contributed by atoms with Gasteiger partial charge in [-0.3, -0.25) is 4.90 Å². The summed E-state index contributed by atoms with van der Waals surface area (Å²) in [6, 6.07) is 11.1. The van der Waals surface area contributed by atoms with Crippen molar-refractivity contribution in [3.05, 3.63) is 48.4 Å². The second kappa shape index (κ2) is 7.56. The highest BCUT2D eigenvalue weighted by molar-refractivity contribution is 5.83. The van der Waals surface area contributed by atoms with Gasteiger partial charge in [-0.2, -0.15) is 0 Å². The molecule has 4 rings (SSSR count). The van der Waals surface area contributed by atoms with Gasteiger partial charge in [0.25, 0.3) is 0 Å². The van der Waals surface area contributed by atoms with Crippen molar-refractivity contribution in [1.82, 2.24) is 19.4 Å². The Morgan fingerprint density at radius 2 is 2.07 bits per heavy atom. The van der Waals surface area contributed by atoms with Crippen LogP contribution in [0.15, 0.2) is 42.9 Å². The minimum atomic E-state index is 0.415. The molecule has 1 fully saturated rings. The zero-order valence-electron chi connectivity index (χ0n) is 16.4. The summed E-state index contributed by atoms with van der Waals surface area (Å²) < 4.78 is 2.23. The summed E-state index contributed by atoms with van der Waals surface area (Å²) in [5, 5.41) is 4.97. The largest absolute Gasteiger partial charge is 0.366 e. The molecule has 1 saturated heterocycles. The Morgan fingerprint density at radius 1 is 1.22 bits per heavy atom. The molecule has 3 aromatic rings. The fourth-order valence-electron chi connectivity index (χ4n) is 3.99. The molecule has 1 N–H and O–H groups in total. The van der Waals surface area contributed by atoms with E-state index in [-0.39, 0.29) is 0 Å². The Bertz CT molecular complexity index is 916. The SMILES string of the molecule is CN(C)c1cc(NC2CCCN(Cc3cn(C)c4ccccc34)C2)ncn1. The topological polar surface area (TPSA) is 49.2 Å². The molecular weight excluding hydrogens is 336 g/mol. The third kappa shape index (κ3) is 3.90. The average Bonchev–Trinajstić information content (AvgIpc) is 2.98. The molecule has 1 unspecified atom stereocenters. The quantitative estimate of drug-likeness (QED) is 0.754. The zero-order chi connectivity index (χ0) is 18.8. The van der Waals surface area contributed by atoms with E-state index >= 15 is 0 Å². The van der Waals surface area contributed by atoms with Crippen LogP contribution in [0.25, 0.3) is 10.9 Å². The van der Waals surface area contributed by atoms with Gasteiger partial charge in [0.05, 0.1) is 0 Å². The molecule has 6 nitrogen and oxygen atoms in total. The molecule has 27 heavy (non-hydrogen) atoms. The maximum atomic E-state index is 4.40. The number of hydrogen-bond donors (Lipinski definition) is 1. The number of nitrogens with zero attached hydrogens (tertiary/aromatic N) is 5. The van der Waals surface area contributed by atoms with E-state index in [2.05, 4.69) is 62.3 Å². The van der Waals surface area contributed by atoms with Crippen LogP contribution in [0.2, 0.25) is 0 Å². The van der Waals surface area contributed by atoms with Crippen molar-refractivity contribution in [2.24, 2.45) is 7.05 Å². The van der Waals surface area contributed by atoms with Gasteiger partial charge in [0.2, 0.25) is 0 Å². The predicted octanol–water partition coefficient (Wildman–Crippen LogP) is 3.11. The Balaban J connectivity index is 1.44. The van der Waals surface area contributed by atoms with Crippen molar-refractivity contribution >= 4 is 22.5 Å². The number of hydrogen-bond acceptors (Lipinski definition) is 5. The Morgan fingerprint density at radius 3 is 2.93 bits per heavy atom. The van der Waals surface area contributed by atoms with Crippen molar-refractivity contribution in [3.8, 4) is 0 Å². The summed E-state index contributed by atoms with van der Waals surface area (Å²) in [6.45, 7) is 3.17. The van der Waals surface area contributed by atoms with Gasteiger partial charge >= 0.3 is 0 Å². The molecule has 0 saturated carbocycles. The summed E-state index contributed by atoms with van der Waals surface area (Å²) in [7, 11) is 6.13. The normalized spacial score (nSPS) is 18.0. The number of nitrogens with one attached hydrogen (secondary N) is 1. The second-order valence-corrected chi connectivity index (χ2v) is 7.66. The number of likely N-dealkylation sites (tertiary alicyclic amines) is 1. The van der Waals surface area contributed by atoms with Crippen LogP contribution in [-0.4, -0.2) is 52.7 Å². The Hall–Kier alpha value is -2.60. The van der Waals surface area contributed by atoms with Gasteiger partial charge in [-0.05, 0) is 31.0 Å². The number of aryl methyl sites for hydroxylation is 1. The molecule has 0 bridgehead atoms. The molecule has 1 atom stereocenters. The van der Waals surface area contributed by atoms with Gasteiger partial charge in [0.1, 0.15) is 18.0 Å². The lowest BCUT2D eigenvalue weighted by atomic mass is 10.0. The molecule has 142 valence electrons. The number of benzene rings is 1. The van der Waals surface area contributed by atoms with E-state index in [1.54, 1.807) is 6.33 Å². The van der Waals surface area contributed by atoms with Crippen molar-refractivity contribution < 1.29 is 0 Å². The highest BCUT2D eigenvalue weighted by atomic mass is 15.2. The van der Waals surface area contributed by atoms with Gasteiger partial charge in [0.15, 0.2) is 0 Å². The van der Waals surface area contributed by atoms with E-state index in [1.165, 1.54) is 29.3 Å². The molecule has 0 radical (unpaired) electrons. The number of fused-ring (bicyclic) bond motifs is 1. The third-order valence-corrected chi connectivity index (χ3v) is 5.34. The monoisotopic (exact) mass is 364 g/mol. The number of piperidine rings is 1. The van der Waals surface area contributed by atoms with Crippen LogP contribution in [0, 0.1) is 0 Å². The van der Waals surface area contributed by atoms with E-state index in [9.17, 15) is 0 Å². The van der Waals surface area contributed by atoms with Crippen molar-refractivity contribution in [1.29, 1.82) is 0 Å². The van der Waals surface area contributed by atoms with Crippen LogP contribution in [0.5, 0.6) is 0 Å². The number of aromatic nitrogens is 3. The smallest absolute Gasteiger partial charge is 0.133 e. The van der Waals surface area contributed by atoms with E-state index in [0.717, 1.165) is 31.3 Å². The van der Waals surface area contributed by atoms with Crippen LogP contribution >= 0.6 is 0 Å². The lowest BCUT2D eigenvalue weighted by molar-refractivity contribution is 0.209. The predicted molar refractivity (Wildman–Crippen MR) is 111 cm³/mol. The summed E-state index contributed by atoms with van der Waals surface area (Å²) >= 11 is 0. The molecule has 0 spiro atoms. The first-order valence-corrected chi connectivity index (χ1v) is 9.61. The number of para-hydroxylation sites is 1. The Labute approximate surface area is 160 Å². The molecule has 2 aromatic heterocycles. The molecular formula is C21H28N6. The van der Waals surface area contributed by atoms with Crippen molar-refractivity contribution in [3.63, 3.8) is 0 Å². The fourth-order valence-corrected chi connectivity index (χ4v) is 3.99. The minimum absolute atomic E-state index is 0.415. The van der Waals surface area contributed by atoms with Gasteiger partial charge in [-0.25, -0.2) is 9.97 Å². The lowest BCUT2D eigenvalue weighted by Gasteiger charge is -2.33. The molecule has 0 aliphatic carbocycles. The molecule has 0 amide bonds. The van der Waals surface area contributed by atoms with Gasteiger partial charge < -0.3 is 14.8 Å². The molecule has 1 aliphatic heterocycles. The van der Waals surface area contributed by atoms with Crippen LogP contribution in [-0.2, 0) is 13.6 Å². The van der Waals surface area contributed by atoms with Crippen LogP contribution in [0.3, 0.4) is 0 Å². The van der Waals surface area contributed by atoms with E-state index in [4.69, 9.17) is 0 Å². The fraction of sp³-hybridized carbons (Fsp3) is 0.429.